The molecule has 0 saturated heterocycles. The van der Waals surface area contributed by atoms with E-state index in [0.29, 0.717) is 11.4 Å². The van der Waals surface area contributed by atoms with Gasteiger partial charge in [-0.15, -0.1) is 11.3 Å². The molecule has 2 rings (SSSR count). The number of rotatable bonds is 5. The average Bonchev–Trinajstić information content (AvgIpc) is 2.95. The number of benzene rings is 1. The van der Waals surface area contributed by atoms with Crippen molar-refractivity contribution in [2.24, 2.45) is 0 Å². The Morgan fingerprint density at radius 3 is 2.60 bits per heavy atom. The number of halogens is 1. The number of hydrogen-bond donors (Lipinski definition) is 2. The number of thiophene rings is 1. The van der Waals surface area contributed by atoms with Crippen molar-refractivity contribution in [1.82, 2.24) is 10.6 Å². The van der Waals surface area contributed by atoms with Crippen LogP contribution >= 0.6 is 11.3 Å². The maximum atomic E-state index is 12.9. The van der Waals surface area contributed by atoms with Gasteiger partial charge in [0, 0.05) is 17.5 Å². The van der Waals surface area contributed by atoms with Gasteiger partial charge in [-0.25, -0.2) is 4.39 Å². The maximum Gasteiger partial charge on any atom is 0.261 e. The molecule has 1 aromatic heterocycles. The first-order valence-corrected chi connectivity index (χ1v) is 7.23. The molecule has 1 amide bonds. The van der Waals surface area contributed by atoms with E-state index in [4.69, 9.17) is 0 Å². The van der Waals surface area contributed by atoms with Crippen molar-refractivity contribution >= 4 is 17.2 Å². The summed E-state index contributed by atoms with van der Waals surface area (Å²) in [4.78, 5) is 13.6. The molecule has 0 spiro atoms. The van der Waals surface area contributed by atoms with Gasteiger partial charge in [-0.1, -0.05) is 12.1 Å². The van der Waals surface area contributed by atoms with E-state index in [1.807, 2.05) is 20.0 Å². The van der Waals surface area contributed by atoms with E-state index in [0.717, 1.165) is 10.4 Å². The van der Waals surface area contributed by atoms with E-state index in [1.165, 1.54) is 23.5 Å². The molecule has 1 atom stereocenters. The Hall–Kier alpha value is -1.72. The molecule has 1 aromatic carbocycles. The molecule has 106 valence electrons. The van der Waals surface area contributed by atoms with Crippen LogP contribution in [0.3, 0.4) is 0 Å². The van der Waals surface area contributed by atoms with Crippen LogP contribution in [0, 0.1) is 5.82 Å². The summed E-state index contributed by atoms with van der Waals surface area (Å²) in [5.74, 6) is -0.338. The third-order valence-electron chi connectivity index (χ3n) is 3.02. The van der Waals surface area contributed by atoms with Gasteiger partial charge in [0.1, 0.15) is 5.82 Å². The standard InChI is InChI=1S/C15H17FN2OS/c1-10(17-2)9-18-15(19)14-8-7-13(20-14)11-3-5-12(16)6-4-11/h3-8,10,17H,9H2,1-2H3,(H,18,19). The molecule has 0 aliphatic carbocycles. The molecule has 0 aliphatic heterocycles. The van der Waals surface area contributed by atoms with E-state index in [2.05, 4.69) is 10.6 Å². The zero-order valence-corrected chi connectivity index (χ0v) is 12.3. The van der Waals surface area contributed by atoms with Crippen LogP contribution in [0.5, 0.6) is 0 Å². The highest BCUT2D eigenvalue weighted by atomic mass is 32.1. The Bertz CT molecular complexity index is 580. The second kappa shape index (κ2) is 6.63. The lowest BCUT2D eigenvalue weighted by molar-refractivity contribution is 0.0954. The van der Waals surface area contributed by atoms with E-state index in [9.17, 15) is 9.18 Å². The monoisotopic (exact) mass is 292 g/mol. The predicted molar refractivity (Wildman–Crippen MR) is 80.6 cm³/mol. The molecule has 0 saturated carbocycles. The van der Waals surface area contributed by atoms with Gasteiger partial charge in [-0.3, -0.25) is 4.79 Å². The van der Waals surface area contributed by atoms with E-state index in [-0.39, 0.29) is 17.8 Å². The van der Waals surface area contributed by atoms with Crippen molar-refractivity contribution in [1.29, 1.82) is 0 Å². The second-order valence-electron chi connectivity index (χ2n) is 4.57. The molecule has 20 heavy (non-hydrogen) atoms. The number of likely N-dealkylation sites (N-methyl/N-ethyl adjacent to an activating group) is 1. The maximum absolute atomic E-state index is 12.9. The zero-order chi connectivity index (χ0) is 14.5. The molecule has 0 radical (unpaired) electrons. The van der Waals surface area contributed by atoms with Crippen LogP contribution in [-0.2, 0) is 0 Å². The van der Waals surface area contributed by atoms with Crippen LogP contribution in [0.4, 0.5) is 4.39 Å². The molecular formula is C15H17FN2OS. The first kappa shape index (κ1) is 14.7. The molecule has 5 heteroatoms. The minimum absolute atomic E-state index is 0.0783. The summed E-state index contributed by atoms with van der Waals surface area (Å²) < 4.78 is 12.9. The smallest absolute Gasteiger partial charge is 0.261 e. The number of amides is 1. The SMILES string of the molecule is CNC(C)CNC(=O)c1ccc(-c2ccc(F)cc2)s1. The minimum atomic E-state index is -0.260. The Morgan fingerprint density at radius 1 is 1.25 bits per heavy atom. The third-order valence-corrected chi connectivity index (χ3v) is 4.15. The summed E-state index contributed by atoms with van der Waals surface area (Å²) in [7, 11) is 1.86. The zero-order valence-electron chi connectivity index (χ0n) is 11.4. The summed E-state index contributed by atoms with van der Waals surface area (Å²) in [5, 5.41) is 5.93. The van der Waals surface area contributed by atoms with Gasteiger partial charge in [0.2, 0.25) is 0 Å². The molecule has 0 bridgehead atoms. The lowest BCUT2D eigenvalue weighted by Gasteiger charge is -2.10. The average molecular weight is 292 g/mol. The lowest BCUT2D eigenvalue weighted by Crippen LogP contribution is -2.36. The van der Waals surface area contributed by atoms with Crippen LogP contribution in [0.25, 0.3) is 10.4 Å². The van der Waals surface area contributed by atoms with Gasteiger partial charge >= 0.3 is 0 Å². The molecule has 1 unspecified atom stereocenters. The van der Waals surface area contributed by atoms with Gasteiger partial charge in [-0.2, -0.15) is 0 Å². The topological polar surface area (TPSA) is 41.1 Å². The second-order valence-corrected chi connectivity index (χ2v) is 5.65. The molecule has 2 N–H and O–H groups in total. The third kappa shape index (κ3) is 3.65. The van der Waals surface area contributed by atoms with Crippen molar-refractivity contribution < 1.29 is 9.18 Å². The molecule has 0 aliphatic rings. The molecule has 3 nitrogen and oxygen atoms in total. The molecular weight excluding hydrogens is 275 g/mol. The summed E-state index contributed by atoms with van der Waals surface area (Å²) in [6, 6.07) is 10.2. The number of carbonyl (C=O) groups is 1. The first-order chi connectivity index (χ1) is 9.60. The van der Waals surface area contributed by atoms with Gasteiger partial charge in [0.15, 0.2) is 0 Å². The van der Waals surface area contributed by atoms with Crippen LogP contribution in [0.15, 0.2) is 36.4 Å². The summed E-state index contributed by atoms with van der Waals surface area (Å²) in [5.41, 5.74) is 0.916. The van der Waals surface area contributed by atoms with Gasteiger partial charge in [-0.05, 0) is 43.8 Å². The van der Waals surface area contributed by atoms with Gasteiger partial charge in [0.05, 0.1) is 4.88 Å². The summed E-state index contributed by atoms with van der Waals surface area (Å²) >= 11 is 1.40. The fraction of sp³-hybridized carbons (Fsp3) is 0.267. The van der Waals surface area contributed by atoms with Crippen LogP contribution in [-0.4, -0.2) is 25.5 Å². The van der Waals surface area contributed by atoms with Crippen molar-refractivity contribution in [2.45, 2.75) is 13.0 Å². The van der Waals surface area contributed by atoms with Crippen LogP contribution in [0.1, 0.15) is 16.6 Å². The van der Waals surface area contributed by atoms with E-state index in [1.54, 1.807) is 18.2 Å². The molecule has 0 fully saturated rings. The highest BCUT2D eigenvalue weighted by molar-refractivity contribution is 7.17. The number of nitrogens with one attached hydrogen (secondary N) is 2. The quantitative estimate of drug-likeness (QED) is 0.889. The van der Waals surface area contributed by atoms with E-state index >= 15 is 0 Å². The van der Waals surface area contributed by atoms with Crippen LogP contribution in [0.2, 0.25) is 0 Å². The first-order valence-electron chi connectivity index (χ1n) is 6.41. The lowest BCUT2D eigenvalue weighted by atomic mass is 10.2. The normalized spacial score (nSPS) is 12.2. The summed E-state index contributed by atoms with van der Waals surface area (Å²) in [6.45, 7) is 2.58. The fourth-order valence-corrected chi connectivity index (χ4v) is 2.59. The fourth-order valence-electron chi connectivity index (χ4n) is 1.66. The Balaban J connectivity index is 2.05. The highest BCUT2D eigenvalue weighted by Gasteiger charge is 2.11. The van der Waals surface area contributed by atoms with Gasteiger partial charge in [0.25, 0.3) is 5.91 Å². The van der Waals surface area contributed by atoms with Crippen molar-refractivity contribution in [2.75, 3.05) is 13.6 Å². The Labute approximate surface area is 121 Å². The Morgan fingerprint density at radius 2 is 1.95 bits per heavy atom. The predicted octanol–water partition coefficient (Wildman–Crippen LogP) is 2.89. The molecule has 2 aromatic rings. The van der Waals surface area contributed by atoms with Crippen molar-refractivity contribution in [3.05, 3.63) is 47.1 Å². The number of hydrogen-bond acceptors (Lipinski definition) is 3. The Kier molecular flexibility index (Phi) is 4.87. The summed E-state index contributed by atoms with van der Waals surface area (Å²) in [6.07, 6.45) is 0. The van der Waals surface area contributed by atoms with Crippen LogP contribution < -0.4 is 10.6 Å². The van der Waals surface area contributed by atoms with E-state index < -0.39 is 0 Å². The number of carbonyl (C=O) groups excluding carboxylic acids is 1. The van der Waals surface area contributed by atoms with Gasteiger partial charge < -0.3 is 10.6 Å². The highest BCUT2D eigenvalue weighted by Crippen LogP contribution is 2.28. The van der Waals surface area contributed by atoms with Crippen molar-refractivity contribution in [3.63, 3.8) is 0 Å². The largest absolute Gasteiger partial charge is 0.350 e. The van der Waals surface area contributed by atoms with Crippen molar-refractivity contribution in [3.8, 4) is 10.4 Å². The molecule has 1 heterocycles. The minimum Gasteiger partial charge on any atom is -0.350 e.